The lowest BCUT2D eigenvalue weighted by Crippen LogP contribution is -2.55. The van der Waals surface area contributed by atoms with E-state index in [1.807, 2.05) is 0 Å². The second kappa shape index (κ2) is 7.48. The minimum Gasteiger partial charge on any atom is -0.380 e. The van der Waals surface area contributed by atoms with Gasteiger partial charge < -0.3 is 9.47 Å². The van der Waals surface area contributed by atoms with E-state index in [4.69, 9.17) is 4.74 Å². The monoisotopic (exact) mass is 430 g/mol. The van der Waals surface area contributed by atoms with Gasteiger partial charge in [-0.3, -0.25) is 0 Å². The molecule has 15 heteroatoms. The van der Waals surface area contributed by atoms with Gasteiger partial charge >= 0.3 is 30.6 Å². The third-order valence-corrected chi connectivity index (χ3v) is 3.45. The molecule has 4 nitrogen and oxygen atoms in total. The summed E-state index contributed by atoms with van der Waals surface area (Å²) < 4.78 is 152. The van der Waals surface area contributed by atoms with Crippen LogP contribution in [0.4, 0.5) is 48.3 Å². The molecule has 0 amide bonds. The van der Waals surface area contributed by atoms with Crippen molar-refractivity contribution in [2.45, 2.75) is 44.0 Å². The highest BCUT2D eigenvalue weighted by Crippen LogP contribution is 2.47. The Morgan fingerprint density at radius 2 is 1.26 bits per heavy atom. The third-order valence-electron chi connectivity index (χ3n) is 3.45. The van der Waals surface area contributed by atoms with Crippen molar-refractivity contribution in [3.63, 3.8) is 0 Å². The van der Waals surface area contributed by atoms with E-state index in [1.54, 1.807) is 11.7 Å². The average Bonchev–Trinajstić information content (AvgIpc) is 2.37. The standard InChI is InChI=1S/C12H13F11O4/c1-2-7(3-24-4-7)5-25-6-8(13,14)26-11(20,21)12(22,23)27-10(18,19)9(15,16)17/h2-6H2,1H3. The molecular weight excluding hydrogens is 417 g/mol. The molecule has 1 saturated heterocycles. The van der Waals surface area contributed by atoms with E-state index in [0.717, 1.165) is 0 Å². The van der Waals surface area contributed by atoms with Gasteiger partial charge in [-0.2, -0.15) is 48.3 Å². The zero-order valence-electron chi connectivity index (χ0n) is 13.3. The summed E-state index contributed by atoms with van der Waals surface area (Å²) >= 11 is 0. The molecule has 0 aromatic rings. The maximum atomic E-state index is 13.3. The van der Waals surface area contributed by atoms with Crippen LogP contribution in [0.3, 0.4) is 0 Å². The Bertz CT molecular complexity index is 497. The molecule has 1 fully saturated rings. The molecule has 0 radical (unpaired) electrons. The maximum absolute atomic E-state index is 13.3. The molecule has 1 heterocycles. The Morgan fingerprint density at radius 3 is 1.63 bits per heavy atom. The van der Waals surface area contributed by atoms with Crippen LogP contribution in [-0.4, -0.2) is 57.0 Å². The molecular formula is C12H13F11O4. The predicted molar refractivity (Wildman–Crippen MR) is 62.4 cm³/mol. The molecule has 1 aliphatic rings. The average molecular weight is 430 g/mol. The van der Waals surface area contributed by atoms with Crippen LogP contribution in [0.1, 0.15) is 13.3 Å². The first-order valence-electron chi connectivity index (χ1n) is 7.02. The van der Waals surface area contributed by atoms with E-state index in [1.165, 1.54) is 0 Å². The van der Waals surface area contributed by atoms with Crippen LogP contribution in [0.15, 0.2) is 0 Å². The zero-order valence-corrected chi connectivity index (χ0v) is 13.3. The Labute approximate surface area is 144 Å². The highest BCUT2D eigenvalue weighted by molar-refractivity contribution is 4.84. The van der Waals surface area contributed by atoms with Crippen molar-refractivity contribution in [2.75, 3.05) is 26.4 Å². The quantitative estimate of drug-likeness (QED) is 0.482. The molecule has 0 atom stereocenters. The Morgan fingerprint density at radius 1 is 0.778 bits per heavy atom. The van der Waals surface area contributed by atoms with Gasteiger partial charge in [-0.25, -0.2) is 9.47 Å². The van der Waals surface area contributed by atoms with Crippen LogP contribution >= 0.6 is 0 Å². The fourth-order valence-electron chi connectivity index (χ4n) is 1.72. The summed E-state index contributed by atoms with van der Waals surface area (Å²) in [6.07, 6.45) is -31.6. The highest BCUT2D eigenvalue weighted by Gasteiger charge is 2.72. The van der Waals surface area contributed by atoms with Gasteiger partial charge in [-0.1, -0.05) is 6.92 Å². The van der Waals surface area contributed by atoms with Crippen molar-refractivity contribution < 1.29 is 67.2 Å². The molecule has 27 heavy (non-hydrogen) atoms. The molecule has 1 aliphatic heterocycles. The van der Waals surface area contributed by atoms with Gasteiger partial charge in [0.2, 0.25) is 0 Å². The first kappa shape index (κ1) is 24.1. The van der Waals surface area contributed by atoms with Crippen molar-refractivity contribution in [3.8, 4) is 0 Å². The molecule has 0 aromatic carbocycles. The lowest BCUT2D eigenvalue weighted by molar-refractivity contribution is -0.537. The predicted octanol–water partition coefficient (Wildman–Crippen LogP) is 4.40. The van der Waals surface area contributed by atoms with E-state index in [2.05, 4.69) is 9.47 Å². The number of alkyl halides is 11. The van der Waals surface area contributed by atoms with Gasteiger partial charge in [0.05, 0.1) is 19.8 Å². The topological polar surface area (TPSA) is 36.9 Å². The minimum atomic E-state index is -6.81. The van der Waals surface area contributed by atoms with Gasteiger partial charge in [-0.05, 0) is 6.42 Å². The van der Waals surface area contributed by atoms with Crippen LogP contribution < -0.4 is 0 Å². The van der Waals surface area contributed by atoms with E-state index in [9.17, 15) is 48.3 Å². The van der Waals surface area contributed by atoms with Gasteiger partial charge in [-0.15, -0.1) is 0 Å². The van der Waals surface area contributed by atoms with Crippen LogP contribution in [0.5, 0.6) is 0 Å². The summed E-state index contributed by atoms with van der Waals surface area (Å²) in [5, 5.41) is 0. The number of halogens is 11. The van der Waals surface area contributed by atoms with Crippen LogP contribution in [0, 0.1) is 5.41 Å². The molecule has 0 aliphatic carbocycles. The fraction of sp³-hybridized carbons (Fsp3) is 1.00. The molecule has 0 unspecified atom stereocenters. The van der Waals surface area contributed by atoms with E-state index in [-0.39, 0.29) is 13.2 Å². The first-order valence-corrected chi connectivity index (χ1v) is 7.02. The van der Waals surface area contributed by atoms with E-state index >= 15 is 0 Å². The molecule has 0 aromatic heterocycles. The van der Waals surface area contributed by atoms with Crippen molar-refractivity contribution in [1.82, 2.24) is 0 Å². The van der Waals surface area contributed by atoms with Crippen molar-refractivity contribution in [2.24, 2.45) is 5.41 Å². The fourth-order valence-corrected chi connectivity index (χ4v) is 1.72. The first-order chi connectivity index (χ1) is 11.9. The zero-order chi connectivity index (χ0) is 21.4. The second-order valence-corrected chi connectivity index (χ2v) is 5.73. The second-order valence-electron chi connectivity index (χ2n) is 5.73. The van der Waals surface area contributed by atoms with Gasteiger partial charge in [0.25, 0.3) is 0 Å². The summed E-state index contributed by atoms with van der Waals surface area (Å²) in [6.45, 7) is -0.619. The summed E-state index contributed by atoms with van der Waals surface area (Å²) in [6, 6.07) is 0. The van der Waals surface area contributed by atoms with Crippen molar-refractivity contribution in [3.05, 3.63) is 0 Å². The maximum Gasteiger partial charge on any atom is 0.483 e. The third kappa shape index (κ3) is 5.77. The largest absolute Gasteiger partial charge is 0.483 e. The minimum absolute atomic E-state index is 0.102. The molecule has 0 spiro atoms. The summed E-state index contributed by atoms with van der Waals surface area (Å²) in [4.78, 5) is 0. The Hall–Kier alpha value is -0.930. The molecule has 0 N–H and O–H groups in total. The summed E-state index contributed by atoms with van der Waals surface area (Å²) in [5.41, 5.74) is -0.694. The van der Waals surface area contributed by atoms with E-state index in [0.29, 0.717) is 6.42 Å². The lowest BCUT2D eigenvalue weighted by atomic mass is 9.84. The number of hydrogen-bond donors (Lipinski definition) is 0. The van der Waals surface area contributed by atoms with Crippen LogP contribution in [0.2, 0.25) is 0 Å². The van der Waals surface area contributed by atoms with Crippen molar-refractivity contribution in [1.29, 1.82) is 0 Å². The van der Waals surface area contributed by atoms with Gasteiger partial charge in [0.15, 0.2) is 0 Å². The normalized spacial score (nSPS) is 19.1. The molecule has 1 rings (SSSR count). The van der Waals surface area contributed by atoms with Crippen molar-refractivity contribution >= 4 is 0 Å². The van der Waals surface area contributed by atoms with Crippen LogP contribution in [0.25, 0.3) is 0 Å². The van der Waals surface area contributed by atoms with Crippen LogP contribution in [-0.2, 0) is 18.9 Å². The van der Waals surface area contributed by atoms with Gasteiger partial charge in [0, 0.05) is 5.41 Å². The summed E-state index contributed by atoms with van der Waals surface area (Å²) in [7, 11) is 0. The Balaban J connectivity index is 2.72. The summed E-state index contributed by atoms with van der Waals surface area (Å²) in [5.74, 6) is 0. The molecule has 0 saturated carbocycles. The number of rotatable bonds is 10. The lowest BCUT2D eigenvalue weighted by Gasteiger charge is -2.40. The van der Waals surface area contributed by atoms with E-state index < -0.39 is 49.2 Å². The Kier molecular flexibility index (Phi) is 6.68. The number of hydrogen-bond acceptors (Lipinski definition) is 4. The molecule has 0 bridgehead atoms. The molecule has 162 valence electrons. The SMILES string of the molecule is CCC1(COCC(F)(F)OC(F)(F)C(F)(F)OC(F)(F)C(F)(F)F)COC1. The highest BCUT2D eigenvalue weighted by atomic mass is 19.4. The van der Waals surface area contributed by atoms with Gasteiger partial charge in [0.1, 0.15) is 6.61 Å². The smallest absolute Gasteiger partial charge is 0.380 e. The number of ether oxygens (including phenoxy) is 4.